The summed E-state index contributed by atoms with van der Waals surface area (Å²) >= 11 is 3.40. The molecule has 0 spiro atoms. The van der Waals surface area contributed by atoms with Gasteiger partial charge in [0.1, 0.15) is 11.6 Å². The molecule has 1 saturated heterocycles. The molecule has 0 saturated carbocycles. The minimum Gasteiger partial charge on any atom is -0.381 e. The summed E-state index contributed by atoms with van der Waals surface area (Å²) in [6.45, 7) is 1.70. The van der Waals surface area contributed by atoms with Crippen LogP contribution in [0.5, 0.6) is 0 Å². The van der Waals surface area contributed by atoms with Crippen LogP contribution in [0.15, 0.2) is 0 Å². The van der Waals surface area contributed by atoms with E-state index in [2.05, 4.69) is 30.7 Å². The second-order valence-electron chi connectivity index (χ2n) is 3.55. The van der Waals surface area contributed by atoms with E-state index in [0.29, 0.717) is 5.92 Å². The van der Waals surface area contributed by atoms with Gasteiger partial charge < -0.3 is 9.30 Å². The van der Waals surface area contributed by atoms with Crippen molar-refractivity contribution < 1.29 is 4.74 Å². The molecule has 0 aliphatic carbocycles. The van der Waals surface area contributed by atoms with Crippen LogP contribution in [-0.4, -0.2) is 28.0 Å². The summed E-state index contributed by atoms with van der Waals surface area (Å²) in [6.07, 6.45) is 2.13. The van der Waals surface area contributed by atoms with E-state index in [0.717, 1.165) is 43.0 Å². The standard InChI is InChI=1S/C9H14BrN3O/c1-13-8(6-10)11-12-9(13)7-2-4-14-5-3-7/h7H,2-6H2,1H3. The second kappa shape index (κ2) is 4.40. The van der Waals surface area contributed by atoms with Gasteiger partial charge in [0.05, 0.1) is 5.33 Å². The van der Waals surface area contributed by atoms with Crippen LogP contribution in [0, 0.1) is 0 Å². The molecular formula is C9H14BrN3O. The van der Waals surface area contributed by atoms with E-state index >= 15 is 0 Å². The van der Waals surface area contributed by atoms with Crippen molar-refractivity contribution in [3.05, 3.63) is 11.6 Å². The van der Waals surface area contributed by atoms with E-state index < -0.39 is 0 Å². The molecule has 2 rings (SSSR count). The molecular weight excluding hydrogens is 246 g/mol. The summed E-state index contributed by atoms with van der Waals surface area (Å²) in [7, 11) is 2.03. The molecule has 5 heteroatoms. The number of ether oxygens (including phenoxy) is 1. The van der Waals surface area contributed by atoms with Crippen molar-refractivity contribution in [3.63, 3.8) is 0 Å². The zero-order valence-corrected chi connectivity index (χ0v) is 9.83. The highest BCUT2D eigenvalue weighted by Gasteiger charge is 2.21. The van der Waals surface area contributed by atoms with Crippen molar-refractivity contribution in [2.24, 2.45) is 7.05 Å². The highest BCUT2D eigenvalue weighted by atomic mass is 79.9. The Kier molecular flexibility index (Phi) is 3.18. The zero-order chi connectivity index (χ0) is 9.97. The average molecular weight is 260 g/mol. The summed E-state index contributed by atoms with van der Waals surface area (Å²) in [5.41, 5.74) is 0. The molecule has 0 radical (unpaired) electrons. The van der Waals surface area contributed by atoms with Crippen LogP contribution in [0.2, 0.25) is 0 Å². The maximum Gasteiger partial charge on any atom is 0.143 e. The number of alkyl halides is 1. The van der Waals surface area contributed by atoms with E-state index in [1.54, 1.807) is 0 Å². The number of halogens is 1. The Hall–Kier alpha value is -0.420. The van der Waals surface area contributed by atoms with Crippen LogP contribution >= 0.6 is 15.9 Å². The largest absolute Gasteiger partial charge is 0.381 e. The van der Waals surface area contributed by atoms with Crippen LogP contribution in [0.1, 0.15) is 30.4 Å². The summed E-state index contributed by atoms with van der Waals surface area (Å²) in [4.78, 5) is 0. The van der Waals surface area contributed by atoms with Gasteiger partial charge in [0, 0.05) is 26.2 Å². The third-order valence-corrected chi connectivity index (χ3v) is 3.21. The minimum atomic E-state index is 0.522. The summed E-state index contributed by atoms with van der Waals surface area (Å²) in [6, 6.07) is 0. The highest BCUT2D eigenvalue weighted by Crippen LogP contribution is 2.25. The third-order valence-electron chi connectivity index (χ3n) is 2.70. The molecule has 2 heterocycles. The Balaban J connectivity index is 2.18. The van der Waals surface area contributed by atoms with E-state index in [1.165, 1.54) is 0 Å². The van der Waals surface area contributed by atoms with Gasteiger partial charge in [0.15, 0.2) is 0 Å². The molecule has 0 unspecified atom stereocenters. The molecule has 14 heavy (non-hydrogen) atoms. The Morgan fingerprint density at radius 1 is 1.43 bits per heavy atom. The topological polar surface area (TPSA) is 39.9 Å². The molecule has 0 bridgehead atoms. The van der Waals surface area contributed by atoms with Crippen molar-refractivity contribution in [2.45, 2.75) is 24.1 Å². The van der Waals surface area contributed by atoms with Gasteiger partial charge in [-0.3, -0.25) is 0 Å². The second-order valence-corrected chi connectivity index (χ2v) is 4.11. The van der Waals surface area contributed by atoms with Crippen LogP contribution in [0.25, 0.3) is 0 Å². The molecule has 1 aliphatic heterocycles. The predicted octanol–water partition coefficient (Wildman–Crippen LogP) is 1.60. The molecule has 0 N–H and O–H groups in total. The lowest BCUT2D eigenvalue weighted by atomic mass is 9.99. The predicted molar refractivity (Wildman–Crippen MR) is 56.4 cm³/mol. The quantitative estimate of drug-likeness (QED) is 0.758. The molecule has 4 nitrogen and oxygen atoms in total. The van der Waals surface area contributed by atoms with Gasteiger partial charge in [0.2, 0.25) is 0 Å². The SMILES string of the molecule is Cn1c(CBr)nnc1C1CCOCC1. The normalized spacial score (nSPS) is 18.7. The first kappa shape index (κ1) is 10.1. The van der Waals surface area contributed by atoms with Crippen molar-refractivity contribution >= 4 is 15.9 Å². The molecule has 0 amide bonds. The van der Waals surface area contributed by atoms with Gasteiger partial charge in [-0.25, -0.2) is 0 Å². The van der Waals surface area contributed by atoms with Crippen LogP contribution < -0.4 is 0 Å². The maximum atomic E-state index is 5.33. The lowest BCUT2D eigenvalue weighted by Gasteiger charge is -2.20. The lowest BCUT2D eigenvalue weighted by molar-refractivity contribution is 0.0829. The molecule has 0 atom stereocenters. The van der Waals surface area contributed by atoms with Gasteiger partial charge in [-0.2, -0.15) is 0 Å². The fourth-order valence-electron chi connectivity index (χ4n) is 1.80. The van der Waals surface area contributed by atoms with Crippen LogP contribution in [-0.2, 0) is 17.1 Å². The number of nitrogens with zero attached hydrogens (tertiary/aromatic N) is 3. The molecule has 1 aromatic heterocycles. The maximum absolute atomic E-state index is 5.33. The molecule has 0 aromatic carbocycles. The first-order valence-electron chi connectivity index (χ1n) is 4.84. The fraction of sp³-hybridized carbons (Fsp3) is 0.778. The number of rotatable bonds is 2. The molecule has 78 valence electrons. The smallest absolute Gasteiger partial charge is 0.143 e. The highest BCUT2D eigenvalue weighted by molar-refractivity contribution is 9.08. The van der Waals surface area contributed by atoms with Crippen molar-refractivity contribution in [1.29, 1.82) is 0 Å². The summed E-state index contributed by atoms with van der Waals surface area (Å²) in [5, 5.41) is 9.14. The fourth-order valence-corrected chi connectivity index (χ4v) is 2.29. The zero-order valence-electron chi connectivity index (χ0n) is 8.24. The minimum absolute atomic E-state index is 0.522. The van der Waals surface area contributed by atoms with Gasteiger partial charge in [-0.15, -0.1) is 10.2 Å². The number of hydrogen-bond acceptors (Lipinski definition) is 3. The summed E-state index contributed by atoms with van der Waals surface area (Å²) < 4.78 is 7.42. The number of hydrogen-bond donors (Lipinski definition) is 0. The Bertz CT molecular complexity index is 307. The lowest BCUT2D eigenvalue weighted by Crippen LogP contribution is -2.17. The Morgan fingerprint density at radius 3 is 2.71 bits per heavy atom. The Labute approximate surface area is 91.8 Å². The molecule has 1 aromatic rings. The van der Waals surface area contributed by atoms with Gasteiger partial charge in [-0.05, 0) is 12.8 Å². The van der Waals surface area contributed by atoms with Gasteiger partial charge >= 0.3 is 0 Å². The van der Waals surface area contributed by atoms with Crippen LogP contribution in [0.3, 0.4) is 0 Å². The summed E-state index contributed by atoms with van der Waals surface area (Å²) in [5.74, 6) is 2.61. The van der Waals surface area contributed by atoms with Crippen molar-refractivity contribution in [2.75, 3.05) is 13.2 Å². The monoisotopic (exact) mass is 259 g/mol. The van der Waals surface area contributed by atoms with E-state index in [-0.39, 0.29) is 0 Å². The van der Waals surface area contributed by atoms with Gasteiger partial charge in [0.25, 0.3) is 0 Å². The first-order chi connectivity index (χ1) is 6.83. The molecule has 1 aliphatic rings. The van der Waals surface area contributed by atoms with E-state index in [9.17, 15) is 0 Å². The van der Waals surface area contributed by atoms with Crippen molar-refractivity contribution in [3.8, 4) is 0 Å². The number of aromatic nitrogens is 3. The van der Waals surface area contributed by atoms with Gasteiger partial charge in [-0.1, -0.05) is 15.9 Å². The molecule has 1 fully saturated rings. The average Bonchev–Trinajstić information content (AvgIpc) is 2.61. The first-order valence-corrected chi connectivity index (χ1v) is 5.97. The van der Waals surface area contributed by atoms with E-state index in [1.807, 2.05) is 7.05 Å². The Morgan fingerprint density at radius 2 is 2.14 bits per heavy atom. The third kappa shape index (κ3) is 1.83. The van der Waals surface area contributed by atoms with E-state index in [4.69, 9.17) is 4.74 Å². The van der Waals surface area contributed by atoms with Crippen molar-refractivity contribution in [1.82, 2.24) is 14.8 Å². The van der Waals surface area contributed by atoms with Crippen LogP contribution in [0.4, 0.5) is 0 Å².